The van der Waals surface area contributed by atoms with Gasteiger partial charge in [-0.1, -0.05) is 42.1 Å². The zero-order chi connectivity index (χ0) is 24.4. The van der Waals surface area contributed by atoms with E-state index in [1.54, 1.807) is 11.3 Å². The van der Waals surface area contributed by atoms with Gasteiger partial charge in [-0.3, -0.25) is 4.79 Å². The van der Waals surface area contributed by atoms with Crippen LogP contribution >= 0.6 is 34.4 Å². The van der Waals surface area contributed by atoms with Gasteiger partial charge < -0.3 is 14.6 Å². The zero-order valence-corrected chi connectivity index (χ0v) is 21.9. The van der Waals surface area contributed by atoms with Gasteiger partial charge in [0.1, 0.15) is 5.00 Å². The van der Waals surface area contributed by atoms with Crippen molar-refractivity contribution >= 4 is 51.3 Å². The van der Waals surface area contributed by atoms with Crippen LogP contribution in [-0.2, 0) is 16.6 Å². The summed E-state index contributed by atoms with van der Waals surface area (Å²) in [5.41, 5.74) is 4.53. The number of hydrogen-bond acceptors (Lipinski definition) is 8. The minimum Gasteiger partial charge on any atom is -0.465 e. The second-order valence-corrected chi connectivity index (χ2v) is 10.9. The van der Waals surface area contributed by atoms with Crippen molar-refractivity contribution in [2.24, 2.45) is 7.05 Å². The number of thiophene rings is 2. The monoisotopic (exact) mass is 512 g/mol. The third kappa shape index (κ3) is 4.66. The lowest BCUT2D eigenvalue weighted by atomic mass is 10.0. The van der Waals surface area contributed by atoms with Gasteiger partial charge in [0.2, 0.25) is 5.91 Å². The van der Waals surface area contributed by atoms with Crippen LogP contribution in [0.2, 0.25) is 0 Å². The van der Waals surface area contributed by atoms with Crippen molar-refractivity contribution in [1.82, 2.24) is 14.8 Å². The van der Waals surface area contributed by atoms with Gasteiger partial charge in [-0.15, -0.1) is 32.9 Å². The lowest BCUT2D eigenvalue weighted by molar-refractivity contribution is -0.113. The molecule has 0 saturated carbocycles. The number of carbonyl (C=O) groups is 2. The van der Waals surface area contributed by atoms with Crippen LogP contribution in [0.1, 0.15) is 25.7 Å². The highest BCUT2D eigenvalue weighted by Gasteiger charge is 2.23. The third-order valence-electron chi connectivity index (χ3n) is 5.47. The summed E-state index contributed by atoms with van der Waals surface area (Å²) < 4.78 is 6.78. The van der Waals surface area contributed by atoms with Crippen LogP contribution < -0.4 is 5.32 Å². The maximum atomic E-state index is 12.7. The first-order valence-electron chi connectivity index (χ1n) is 10.5. The van der Waals surface area contributed by atoms with E-state index in [1.807, 2.05) is 43.7 Å². The summed E-state index contributed by atoms with van der Waals surface area (Å²) in [5.74, 6) is 0.209. The maximum Gasteiger partial charge on any atom is 0.341 e. The molecule has 0 aliphatic rings. The van der Waals surface area contributed by atoms with Gasteiger partial charge in [-0.05, 0) is 31.9 Å². The van der Waals surface area contributed by atoms with Gasteiger partial charge in [0.05, 0.1) is 18.4 Å². The minimum absolute atomic E-state index is 0.136. The molecule has 176 valence electrons. The Morgan fingerprint density at radius 3 is 2.56 bits per heavy atom. The van der Waals surface area contributed by atoms with E-state index >= 15 is 0 Å². The van der Waals surface area contributed by atoms with Gasteiger partial charge in [0, 0.05) is 33.3 Å². The number of anilines is 1. The number of nitrogens with zero attached hydrogens (tertiary/aromatic N) is 3. The van der Waals surface area contributed by atoms with Crippen molar-refractivity contribution in [3.8, 4) is 22.5 Å². The molecule has 1 N–H and O–H groups in total. The molecule has 0 radical (unpaired) electrons. The van der Waals surface area contributed by atoms with Gasteiger partial charge in [0.25, 0.3) is 0 Å². The third-order valence-corrected chi connectivity index (χ3v) is 8.53. The van der Waals surface area contributed by atoms with Crippen molar-refractivity contribution in [2.45, 2.75) is 25.9 Å². The molecular weight excluding hydrogens is 488 g/mol. The summed E-state index contributed by atoms with van der Waals surface area (Å²) >= 11 is 4.34. The molecule has 4 rings (SSSR count). The van der Waals surface area contributed by atoms with E-state index in [0.717, 1.165) is 33.0 Å². The van der Waals surface area contributed by atoms with Crippen LogP contribution in [0.3, 0.4) is 0 Å². The number of rotatable bonds is 7. The average Bonchev–Trinajstić information content (AvgIpc) is 3.47. The van der Waals surface area contributed by atoms with E-state index in [4.69, 9.17) is 4.74 Å². The number of amides is 1. The number of benzene rings is 1. The summed E-state index contributed by atoms with van der Waals surface area (Å²) in [6.45, 7) is 5.86. The average molecular weight is 513 g/mol. The minimum atomic E-state index is -0.456. The molecule has 0 spiro atoms. The molecule has 7 nitrogen and oxygen atoms in total. The molecule has 4 aromatic rings. The molecule has 3 aromatic heterocycles. The molecule has 0 unspecified atom stereocenters. The van der Waals surface area contributed by atoms with E-state index < -0.39 is 5.97 Å². The summed E-state index contributed by atoms with van der Waals surface area (Å²) in [4.78, 5) is 27.0. The zero-order valence-electron chi connectivity index (χ0n) is 19.5. The molecule has 3 heterocycles. The number of methoxy groups -OCH3 is 1. The Kier molecular flexibility index (Phi) is 7.20. The van der Waals surface area contributed by atoms with Crippen LogP contribution in [0.25, 0.3) is 22.5 Å². The lowest BCUT2D eigenvalue weighted by Gasteiger charge is -2.08. The van der Waals surface area contributed by atoms with E-state index in [2.05, 4.69) is 40.0 Å². The smallest absolute Gasteiger partial charge is 0.341 e. The largest absolute Gasteiger partial charge is 0.465 e. The highest BCUT2D eigenvalue weighted by molar-refractivity contribution is 7.99. The van der Waals surface area contributed by atoms with Gasteiger partial charge in [-0.25, -0.2) is 4.79 Å². The Morgan fingerprint density at radius 2 is 1.85 bits per heavy atom. The number of thioether (sulfide) groups is 1. The fourth-order valence-corrected chi connectivity index (χ4v) is 6.25. The number of ether oxygens (including phenoxy) is 1. The molecule has 0 aliphatic heterocycles. The predicted molar refractivity (Wildman–Crippen MR) is 139 cm³/mol. The highest BCUT2D eigenvalue weighted by atomic mass is 32.2. The van der Waals surface area contributed by atoms with Crippen molar-refractivity contribution in [2.75, 3.05) is 18.2 Å². The Morgan fingerprint density at radius 1 is 1.12 bits per heavy atom. The van der Waals surface area contributed by atoms with Crippen LogP contribution in [0, 0.1) is 20.8 Å². The maximum absolute atomic E-state index is 12.7. The Labute approximate surface area is 210 Å². The van der Waals surface area contributed by atoms with Crippen molar-refractivity contribution in [1.29, 1.82) is 0 Å². The van der Waals surface area contributed by atoms with Crippen LogP contribution in [-0.4, -0.2) is 39.5 Å². The predicted octanol–water partition coefficient (Wildman–Crippen LogP) is 5.71. The lowest BCUT2D eigenvalue weighted by Crippen LogP contribution is -2.16. The fourth-order valence-electron chi connectivity index (χ4n) is 3.61. The molecule has 0 aliphatic carbocycles. The first-order valence-corrected chi connectivity index (χ1v) is 13.1. The van der Waals surface area contributed by atoms with E-state index in [0.29, 0.717) is 15.7 Å². The number of esters is 1. The number of carbonyl (C=O) groups excluding carboxylic acids is 2. The van der Waals surface area contributed by atoms with E-state index in [-0.39, 0.29) is 11.7 Å². The second-order valence-electron chi connectivity index (χ2n) is 7.63. The number of aryl methyl sites for hydroxylation is 2. The molecule has 0 atom stereocenters. The summed E-state index contributed by atoms with van der Waals surface area (Å²) in [6, 6.07) is 10.2. The quantitative estimate of drug-likeness (QED) is 0.252. The molecule has 0 bridgehead atoms. The van der Waals surface area contributed by atoms with Crippen LogP contribution in [0.4, 0.5) is 5.00 Å². The number of hydrogen-bond donors (Lipinski definition) is 1. The second kappa shape index (κ2) is 10.1. The summed E-state index contributed by atoms with van der Waals surface area (Å²) in [7, 11) is 3.23. The topological polar surface area (TPSA) is 86.1 Å². The Bertz CT molecular complexity index is 1360. The Balaban J connectivity index is 1.51. The molecular formula is C24H24N4O3S3. The summed E-state index contributed by atoms with van der Waals surface area (Å²) in [6.07, 6.45) is 0. The van der Waals surface area contributed by atoms with Gasteiger partial charge in [0.15, 0.2) is 11.0 Å². The van der Waals surface area contributed by atoms with Crippen molar-refractivity contribution in [3.63, 3.8) is 0 Å². The SMILES string of the molecule is COC(=O)c1c(NC(=O)CSc2nnc(-c3csc(C)c3-c3ccccc3)n2C)sc(C)c1C. The fraction of sp³-hybridized carbons (Fsp3) is 0.250. The van der Waals surface area contributed by atoms with Crippen molar-refractivity contribution in [3.05, 3.63) is 56.6 Å². The standard InChI is InChI=1S/C24H24N4O3S3/c1-13-14(2)34-22(19(13)23(30)31-5)25-18(29)12-33-24-27-26-21(28(24)4)17-11-32-15(3)20(17)16-9-7-6-8-10-16/h6-11H,12H2,1-5H3,(H,25,29). The molecule has 0 fully saturated rings. The molecule has 10 heteroatoms. The van der Waals surface area contributed by atoms with E-state index in [1.165, 1.54) is 35.1 Å². The normalized spacial score (nSPS) is 11.0. The van der Waals surface area contributed by atoms with E-state index in [9.17, 15) is 9.59 Å². The summed E-state index contributed by atoms with van der Waals surface area (Å²) in [5, 5.41) is 14.8. The van der Waals surface area contributed by atoms with Crippen LogP contribution in [0.15, 0.2) is 40.9 Å². The van der Waals surface area contributed by atoms with Crippen LogP contribution in [0.5, 0.6) is 0 Å². The Hall–Kier alpha value is -2.95. The first-order chi connectivity index (χ1) is 16.3. The molecule has 0 saturated heterocycles. The molecule has 34 heavy (non-hydrogen) atoms. The van der Waals surface area contributed by atoms with Gasteiger partial charge >= 0.3 is 5.97 Å². The number of nitrogens with one attached hydrogen (secondary N) is 1. The molecule has 1 aromatic carbocycles. The first kappa shape index (κ1) is 24.2. The van der Waals surface area contributed by atoms with Crippen molar-refractivity contribution < 1.29 is 14.3 Å². The van der Waals surface area contributed by atoms with Gasteiger partial charge in [-0.2, -0.15) is 0 Å². The number of aromatic nitrogens is 3. The highest BCUT2D eigenvalue weighted by Crippen LogP contribution is 2.39. The molecule has 1 amide bonds.